The number of unbranched alkanes of at least 4 members (excludes halogenated alkanes) is 2. The van der Waals surface area contributed by atoms with Gasteiger partial charge in [0.1, 0.15) is 5.75 Å². The summed E-state index contributed by atoms with van der Waals surface area (Å²) in [7, 11) is 3.83. The van der Waals surface area contributed by atoms with Gasteiger partial charge in [0, 0.05) is 32.7 Å². The van der Waals surface area contributed by atoms with Crippen LogP contribution in [0.1, 0.15) is 24.8 Å². The molecule has 5 heteroatoms. The van der Waals surface area contributed by atoms with Crippen molar-refractivity contribution < 1.29 is 9.53 Å². The summed E-state index contributed by atoms with van der Waals surface area (Å²) in [6.45, 7) is 6.71. The average molecular weight is 333 g/mol. The van der Waals surface area contributed by atoms with Crippen LogP contribution in [0.5, 0.6) is 5.75 Å². The lowest BCUT2D eigenvalue weighted by Crippen LogP contribution is -2.44. The van der Waals surface area contributed by atoms with Crippen LogP contribution >= 0.6 is 0 Å². The third-order valence-corrected chi connectivity index (χ3v) is 4.59. The van der Waals surface area contributed by atoms with Crippen LogP contribution in [0.3, 0.4) is 0 Å². The number of hydrogen-bond donors (Lipinski definition) is 1. The van der Waals surface area contributed by atoms with Crippen molar-refractivity contribution in [1.82, 2.24) is 15.1 Å². The Balaban J connectivity index is 1.50. The summed E-state index contributed by atoms with van der Waals surface area (Å²) in [5, 5.41) is 3.01. The average Bonchev–Trinajstić information content (AvgIpc) is 2.60. The molecule has 0 aliphatic carbocycles. The predicted molar refractivity (Wildman–Crippen MR) is 97.5 cm³/mol. The summed E-state index contributed by atoms with van der Waals surface area (Å²) in [6.07, 6.45) is 3.89. The van der Waals surface area contributed by atoms with Gasteiger partial charge in [-0.3, -0.25) is 4.79 Å². The molecule has 0 atom stereocenters. The number of methoxy groups -OCH3 is 1. The molecule has 0 bridgehead atoms. The first kappa shape index (κ1) is 18.7. The highest BCUT2D eigenvalue weighted by atomic mass is 16.5. The van der Waals surface area contributed by atoms with Gasteiger partial charge in [-0.25, -0.2) is 0 Å². The number of hydrogen-bond acceptors (Lipinski definition) is 4. The second kappa shape index (κ2) is 10.3. The Morgan fingerprint density at radius 2 is 1.79 bits per heavy atom. The highest BCUT2D eigenvalue weighted by Crippen LogP contribution is 2.11. The third-order valence-electron chi connectivity index (χ3n) is 4.59. The molecule has 5 nitrogen and oxygen atoms in total. The van der Waals surface area contributed by atoms with Crippen LogP contribution in [-0.4, -0.2) is 69.1 Å². The molecular weight excluding hydrogens is 302 g/mol. The molecule has 0 saturated carbocycles. The molecule has 1 fully saturated rings. The standard InChI is InChI=1S/C19H31N3O2/c1-21-12-14-22(15-13-21)11-5-3-4-10-20-19(23)16-17-6-8-18(24-2)9-7-17/h6-9H,3-5,10-16H2,1-2H3,(H,20,23). The van der Waals surface area contributed by atoms with Crippen LogP contribution < -0.4 is 10.1 Å². The van der Waals surface area contributed by atoms with E-state index in [2.05, 4.69) is 22.2 Å². The third kappa shape index (κ3) is 6.89. The molecule has 0 aromatic heterocycles. The number of nitrogens with zero attached hydrogens (tertiary/aromatic N) is 2. The predicted octanol–water partition coefficient (Wildman–Crippen LogP) is 1.77. The van der Waals surface area contributed by atoms with E-state index in [-0.39, 0.29) is 5.91 Å². The van der Waals surface area contributed by atoms with E-state index in [1.54, 1.807) is 7.11 Å². The molecule has 1 N–H and O–H groups in total. The SMILES string of the molecule is COc1ccc(CC(=O)NCCCCCN2CCN(C)CC2)cc1. The van der Waals surface area contributed by atoms with Crippen LogP contribution in [0, 0.1) is 0 Å². The monoisotopic (exact) mass is 333 g/mol. The van der Waals surface area contributed by atoms with Crippen molar-refractivity contribution in [2.75, 3.05) is 53.4 Å². The van der Waals surface area contributed by atoms with E-state index in [4.69, 9.17) is 4.74 Å². The maximum atomic E-state index is 11.9. The Labute approximate surface area is 146 Å². The van der Waals surface area contributed by atoms with Gasteiger partial charge in [-0.05, 0) is 44.1 Å². The fourth-order valence-electron chi connectivity index (χ4n) is 2.93. The minimum Gasteiger partial charge on any atom is -0.497 e. The first-order valence-corrected chi connectivity index (χ1v) is 8.98. The number of benzene rings is 1. The molecule has 1 saturated heterocycles. The van der Waals surface area contributed by atoms with E-state index in [0.717, 1.165) is 24.3 Å². The van der Waals surface area contributed by atoms with Gasteiger partial charge in [0.15, 0.2) is 0 Å². The second-order valence-corrected chi connectivity index (χ2v) is 6.58. The minimum absolute atomic E-state index is 0.0965. The molecule has 134 valence electrons. The molecule has 1 heterocycles. The Kier molecular flexibility index (Phi) is 8.05. The Bertz CT molecular complexity index is 482. The molecule has 1 aliphatic rings. The number of ether oxygens (including phenoxy) is 1. The summed E-state index contributed by atoms with van der Waals surface area (Å²) in [5.74, 6) is 0.916. The van der Waals surface area contributed by atoms with Crippen LogP contribution in [0.4, 0.5) is 0 Å². The zero-order chi connectivity index (χ0) is 17.2. The summed E-state index contributed by atoms with van der Waals surface area (Å²) in [6, 6.07) is 7.66. The van der Waals surface area contributed by atoms with Gasteiger partial charge in [0.2, 0.25) is 5.91 Å². The van der Waals surface area contributed by atoms with Crippen LogP contribution in [0.25, 0.3) is 0 Å². The maximum absolute atomic E-state index is 11.9. The van der Waals surface area contributed by atoms with E-state index in [0.29, 0.717) is 6.42 Å². The fraction of sp³-hybridized carbons (Fsp3) is 0.632. The van der Waals surface area contributed by atoms with Gasteiger partial charge >= 0.3 is 0 Å². The molecule has 0 spiro atoms. The molecule has 0 radical (unpaired) electrons. The van der Waals surface area contributed by atoms with Crippen molar-refractivity contribution in [2.24, 2.45) is 0 Å². The number of carbonyl (C=O) groups excluding carboxylic acids is 1. The number of amides is 1. The van der Waals surface area contributed by atoms with Gasteiger partial charge < -0.3 is 19.9 Å². The van der Waals surface area contributed by atoms with Crippen molar-refractivity contribution >= 4 is 5.91 Å². The highest BCUT2D eigenvalue weighted by molar-refractivity contribution is 5.78. The van der Waals surface area contributed by atoms with Crippen molar-refractivity contribution in [3.63, 3.8) is 0 Å². The molecule has 1 aromatic rings. The number of rotatable bonds is 9. The molecule has 2 rings (SSSR count). The van der Waals surface area contributed by atoms with Gasteiger partial charge in [0.05, 0.1) is 13.5 Å². The Morgan fingerprint density at radius 1 is 1.08 bits per heavy atom. The molecule has 0 unspecified atom stereocenters. The lowest BCUT2D eigenvalue weighted by Gasteiger charge is -2.32. The number of nitrogens with one attached hydrogen (secondary N) is 1. The van der Waals surface area contributed by atoms with Crippen molar-refractivity contribution in [3.8, 4) is 5.75 Å². The van der Waals surface area contributed by atoms with Gasteiger partial charge in [0.25, 0.3) is 0 Å². The zero-order valence-electron chi connectivity index (χ0n) is 15.1. The van der Waals surface area contributed by atoms with Crippen LogP contribution in [0.15, 0.2) is 24.3 Å². The molecular formula is C19H31N3O2. The first-order chi connectivity index (χ1) is 11.7. The van der Waals surface area contributed by atoms with Crippen LogP contribution in [0.2, 0.25) is 0 Å². The van der Waals surface area contributed by atoms with Gasteiger partial charge in [-0.2, -0.15) is 0 Å². The Morgan fingerprint density at radius 3 is 2.46 bits per heavy atom. The van der Waals surface area contributed by atoms with Gasteiger partial charge in [-0.1, -0.05) is 18.6 Å². The lowest BCUT2D eigenvalue weighted by molar-refractivity contribution is -0.120. The van der Waals surface area contributed by atoms with Crippen LogP contribution in [-0.2, 0) is 11.2 Å². The van der Waals surface area contributed by atoms with Crippen molar-refractivity contribution in [1.29, 1.82) is 0 Å². The van der Waals surface area contributed by atoms with E-state index < -0.39 is 0 Å². The van der Waals surface area contributed by atoms with E-state index in [1.165, 1.54) is 45.6 Å². The topological polar surface area (TPSA) is 44.8 Å². The number of carbonyl (C=O) groups is 1. The highest BCUT2D eigenvalue weighted by Gasteiger charge is 2.12. The second-order valence-electron chi connectivity index (χ2n) is 6.58. The summed E-state index contributed by atoms with van der Waals surface area (Å²) in [4.78, 5) is 16.9. The molecule has 1 aromatic carbocycles. The quantitative estimate of drug-likeness (QED) is 0.700. The van der Waals surface area contributed by atoms with Gasteiger partial charge in [-0.15, -0.1) is 0 Å². The fourth-order valence-corrected chi connectivity index (χ4v) is 2.93. The first-order valence-electron chi connectivity index (χ1n) is 8.98. The Hall–Kier alpha value is -1.59. The summed E-state index contributed by atoms with van der Waals surface area (Å²) >= 11 is 0. The van der Waals surface area contributed by atoms with E-state index in [1.807, 2.05) is 24.3 Å². The smallest absolute Gasteiger partial charge is 0.224 e. The number of likely N-dealkylation sites (N-methyl/N-ethyl adjacent to an activating group) is 1. The van der Waals surface area contributed by atoms with Crippen molar-refractivity contribution in [3.05, 3.63) is 29.8 Å². The van der Waals surface area contributed by atoms with Crippen molar-refractivity contribution in [2.45, 2.75) is 25.7 Å². The van der Waals surface area contributed by atoms with E-state index in [9.17, 15) is 4.79 Å². The summed E-state index contributed by atoms with van der Waals surface area (Å²) < 4.78 is 5.12. The maximum Gasteiger partial charge on any atom is 0.224 e. The molecule has 24 heavy (non-hydrogen) atoms. The largest absolute Gasteiger partial charge is 0.497 e. The lowest BCUT2D eigenvalue weighted by atomic mass is 10.1. The normalized spacial score (nSPS) is 16.1. The molecule has 1 aliphatic heterocycles. The molecule has 1 amide bonds. The number of piperazine rings is 1. The van der Waals surface area contributed by atoms with E-state index >= 15 is 0 Å². The minimum atomic E-state index is 0.0965. The summed E-state index contributed by atoms with van der Waals surface area (Å²) in [5.41, 5.74) is 1.02. The zero-order valence-corrected chi connectivity index (χ0v) is 15.1.